The van der Waals surface area contributed by atoms with Crippen molar-refractivity contribution in [3.8, 4) is 0 Å². The van der Waals surface area contributed by atoms with Gasteiger partial charge in [0.05, 0.1) is 12.6 Å². The van der Waals surface area contributed by atoms with Gasteiger partial charge in [-0.15, -0.1) is 0 Å². The average molecular weight is 412 g/mol. The largest absolute Gasteiger partial charge is 0.386 e. The molecule has 3 rings (SSSR count). The summed E-state index contributed by atoms with van der Waals surface area (Å²) in [7, 11) is 0. The van der Waals surface area contributed by atoms with Crippen LogP contribution in [0.1, 0.15) is 44.4 Å². The first-order valence-electron chi connectivity index (χ1n) is 10.1. The van der Waals surface area contributed by atoms with Crippen LogP contribution < -0.4 is 5.32 Å². The van der Waals surface area contributed by atoms with E-state index in [1.54, 1.807) is 41.6 Å². The predicted molar refractivity (Wildman–Crippen MR) is 113 cm³/mol. The molecular formula is C23H29N3O4. The first kappa shape index (κ1) is 21.9. The van der Waals surface area contributed by atoms with Crippen molar-refractivity contribution in [2.24, 2.45) is 5.41 Å². The van der Waals surface area contributed by atoms with Crippen LogP contribution in [0.2, 0.25) is 0 Å². The van der Waals surface area contributed by atoms with Gasteiger partial charge < -0.3 is 20.1 Å². The van der Waals surface area contributed by atoms with E-state index in [4.69, 9.17) is 4.74 Å². The van der Waals surface area contributed by atoms with Crippen LogP contribution in [0.3, 0.4) is 0 Å². The molecule has 1 aromatic carbocycles. The quantitative estimate of drug-likeness (QED) is 0.763. The highest BCUT2D eigenvalue weighted by atomic mass is 16.5. The fourth-order valence-electron chi connectivity index (χ4n) is 3.45. The van der Waals surface area contributed by atoms with E-state index in [-0.39, 0.29) is 30.4 Å². The number of carbonyl (C=O) groups excluding carboxylic acids is 2. The van der Waals surface area contributed by atoms with E-state index >= 15 is 0 Å². The first-order valence-corrected chi connectivity index (χ1v) is 10.1. The number of anilines is 1. The minimum atomic E-state index is -0.907. The number of ether oxygens (including phenoxy) is 1. The van der Waals surface area contributed by atoms with Gasteiger partial charge in [-0.2, -0.15) is 0 Å². The maximum atomic E-state index is 12.5. The summed E-state index contributed by atoms with van der Waals surface area (Å²) in [6.45, 7) is 6.67. The minimum absolute atomic E-state index is 0.00699. The number of aromatic nitrogens is 1. The van der Waals surface area contributed by atoms with Gasteiger partial charge >= 0.3 is 0 Å². The third-order valence-corrected chi connectivity index (χ3v) is 4.93. The van der Waals surface area contributed by atoms with E-state index in [1.165, 1.54) is 0 Å². The number of rotatable bonds is 6. The van der Waals surface area contributed by atoms with Crippen LogP contribution in [-0.2, 0) is 20.9 Å². The van der Waals surface area contributed by atoms with Crippen molar-refractivity contribution in [1.29, 1.82) is 0 Å². The Bertz CT molecular complexity index is 862. The number of amides is 2. The van der Waals surface area contributed by atoms with Crippen molar-refractivity contribution in [3.05, 3.63) is 59.9 Å². The molecule has 2 N–H and O–H groups in total. The van der Waals surface area contributed by atoms with Crippen LogP contribution in [0, 0.1) is 5.41 Å². The summed E-state index contributed by atoms with van der Waals surface area (Å²) in [6.07, 6.45) is 2.87. The fourth-order valence-corrected chi connectivity index (χ4v) is 3.45. The van der Waals surface area contributed by atoms with Crippen LogP contribution in [-0.4, -0.2) is 46.1 Å². The lowest BCUT2D eigenvalue weighted by molar-refractivity contribution is -0.155. The van der Waals surface area contributed by atoms with E-state index in [9.17, 15) is 14.7 Å². The van der Waals surface area contributed by atoms with Crippen molar-refractivity contribution in [3.63, 3.8) is 0 Å². The molecule has 0 bridgehead atoms. The van der Waals surface area contributed by atoms with Gasteiger partial charge in [-0.1, -0.05) is 32.9 Å². The summed E-state index contributed by atoms with van der Waals surface area (Å²) in [4.78, 5) is 30.2. The monoisotopic (exact) mass is 411 g/mol. The molecule has 0 spiro atoms. The van der Waals surface area contributed by atoms with Gasteiger partial charge in [-0.05, 0) is 40.8 Å². The molecule has 2 aromatic rings. The summed E-state index contributed by atoms with van der Waals surface area (Å²) < 4.78 is 5.41. The molecule has 1 fully saturated rings. The van der Waals surface area contributed by atoms with Crippen LogP contribution in [0.25, 0.3) is 0 Å². The van der Waals surface area contributed by atoms with Crippen LogP contribution in [0.5, 0.6) is 0 Å². The summed E-state index contributed by atoms with van der Waals surface area (Å²) in [5.41, 5.74) is 2.18. The number of hydrogen-bond acceptors (Lipinski definition) is 5. The van der Waals surface area contributed by atoms with Gasteiger partial charge in [0.2, 0.25) is 11.8 Å². The van der Waals surface area contributed by atoms with E-state index in [0.29, 0.717) is 24.2 Å². The lowest BCUT2D eigenvalue weighted by Gasteiger charge is -2.38. The number of nitrogens with one attached hydrogen (secondary N) is 1. The van der Waals surface area contributed by atoms with Crippen molar-refractivity contribution in [1.82, 2.24) is 9.88 Å². The van der Waals surface area contributed by atoms with Crippen LogP contribution in [0.4, 0.5) is 5.69 Å². The molecule has 1 aliphatic rings. The highest BCUT2D eigenvalue weighted by Crippen LogP contribution is 2.27. The molecule has 2 atom stereocenters. The number of pyridine rings is 1. The average Bonchev–Trinajstić information content (AvgIpc) is 2.69. The summed E-state index contributed by atoms with van der Waals surface area (Å²) >= 11 is 0. The maximum Gasteiger partial charge on any atom is 0.249 e. The molecule has 0 aliphatic carbocycles. The molecule has 1 saturated heterocycles. The molecule has 1 aliphatic heterocycles. The number of morpholine rings is 1. The maximum absolute atomic E-state index is 12.5. The molecule has 2 heterocycles. The standard InChI is InChI=1S/C23H29N3O4/c1-23(2,3)12-20(27)25-18-6-4-17(5-7-18)22(29)19-14-30-15-21(28)26(19)13-16-8-10-24-11-9-16/h4-11,19,22,29H,12-15H2,1-3H3,(H,25,27)/t19-,22-/m1/s1. The Morgan fingerprint density at radius 3 is 2.53 bits per heavy atom. The van der Waals surface area contributed by atoms with Crippen LogP contribution in [0.15, 0.2) is 48.8 Å². The van der Waals surface area contributed by atoms with Crippen molar-refractivity contribution in [2.45, 2.75) is 45.9 Å². The number of hydrogen-bond donors (Lipinski definition) is 2. The number of benzene rings is 1. The highest BCUT2D eigenvalue weighted by molar-refractivity contribution is 5.91. The molecule has 0 saturated carbocycles. The Morgan fingerprint density at radius 1 is 1.23 bits per heavy atom. The van der Waals surface area contributed by atoms with Crippen molar-refractivity contribution < 1.29 is 19.4 Å². The summed E-state index contributed by atoms with van der Waals surface area (Å²) in [5.74, 6) is -0.209. The molecule has 2 amide bonds. The van der Waals surface area contributed by atoms with Crippen molar-refractivity contribution in [2.75, 3.05) is 18.5 Å². The zero-order valence-corrected chi connectivity index (χ0v) is 17.7. The molecule has 160 valence electrons. The number of aliphatic hydroxyl groups excluding tert-OH is 1. The third-order valence-electron chi connectivity index (χ3n) is 4.93. The van der Waals surface area contributed by atoms with Gasteiger partial charge in [0.25, 0.3) is 0 Å². The third kappa shape index (κ3) is 5.87. The highest BCUT2D eigenvalue weighted by Gasteiger charge is 2.34. The lowest BCUT2D eigenvalue weighted by Crippen LogP contribution is -2.51. The molecular weight excluding hydrogens is 382 g/mol. The number of carbonyl (C=O) groups is 2. The van der Waals surface area contributed by atoms with Gasteiger partial charge in [-0.25, -0.2) is 0 Å². The molecule has 30 heavy (non-hydrogen) atoms. The first-order chi connectivity index (χ1) is 14.2. The fraction of sp³-hybridized carbons (Fsp3) is 0.435. The Kier molecular flexibility index (Phi) is 6.84. The number of aliphatic hydroxyl groups is 1. The zero-order valence-electron chi connectivity index (χ0n) is 17.7. The Hall–Kier alpha value is -2.77. The van der Waals surface area contributed by atoms with Crippen LogP contribution >= 0.6 is 0 Å². The van der Waals surface area contributed by atoms with E-state index in [0.717, 1.165) is 5.56 Å². The smallest absolute Gasteiger partial charge is 0.249 e. The second-order valence-electron chi connectivity index (χ2n) is 8.81. The van der Waals surface area contributed by atoms with E-state index in [1.807, 2.05) is 32.9 Å². The molecule has 7 heteroatoms. The normalized spacial score (nSPS) is 18.2. The Balaban J connectivity index is 1.69. The minimum Gasteiger partial charge on any atom is -0.386 e. The predicted octanol–water partition coefficient (Wildman–Crippen LogP) is 2.92. The SMILES string of the molecule is CC(C)(C)CC(=O)Nc1ccc([C@@H](O)[C@H]2COCC(=O)N2Cc2ccncc2)cc1. The van der Waals surface area contributed by atoms with E-state index < -0.39 is 12.1 Å². The van der Waals surface area contributed by atoms with Gasteiger partial charge in [-0.3, -0.25) is 14.6 Å². The molecule has 0 unspecified atom stereocenters. The van der Waals surface area contributed by atoms with Crippen molar-refractivity contribution >= 4 is 17.5 Å². The Labute approximate surface area is 177 Å². The number of nitrogens with zero attached hydrogens (tertiary/aromatic N) is 2. The zero-order chi connectivity index (χ0) is 21.7. The lowest BCUT2D eigenvalue weighted by atomic mass is 9.92. The topological polar surface area (TPSA) is 91.8 Å². The summed E-state index contributed by atoms with van der Waals surface area (Å²) in [5, 5.41) is 13.8. The Morgan fingerprint density at radius 2 is 1.90 bits per heavy atom. The second-order valence-corrected chi connectivity index (χ2v) is 8.81. The summed E-state index contributed by atoms with van der Waals surface area (Å²) in [6, 6.07) is 10.3. The van der Waals surface area contributed by atoms with Gasteiger partial charge in [0, 0.05) is 31.0 Å². The second kappa shape index (κ2) is 9.36. The van der Waals surface area contributed by atoms with Gasteiger partial charge in [0.15, 0.2) is 0 Å². The molecule has 7 nitrogen and oxygen atoms in total. The molecule has 0 radical (unpaired) electrons. The van der Waals surface area contributed by atoms with Gasteiger partial charge in [0.1, 0.15) is 12.7 Å². The van der Waals surface area contributed by atoms with E-state index in [2.05, 4.69) is 10.3 Å². The molecule has 1 aromatic heterocycles.